The number of aromatic nitrogens is 1. The number of nitrogens with two attached hydrogens (primary N) is 1. The van der Waals surface area contributed by atoms with Crippen LogP contribution < -0.4 is 10.6 Å². The monoisotopic (exact) mass is 484 g/mol. The molecule has 0 radical (unpaired) electrons. The minimum atomic E-state index is -0.241. The van der Waals surface area contributed by atoms with Crippen LogP contribution in [0.4, 0.5) is 5.82 Å². The van der Waals surface area contributed by atoms with Gasteiger partial charge < -0.3 is 15.4 Å². The normalized spacial score (nSPS) is 18.6. The summed E-state index contributed by atoms with van der Waals surface area (Å²) in [5.41, 5.74) is 7.28. The van der Waals surface area contributed by atoms with E-state index in [2.05, 4.69) is 11.0 Å². The summed E-state index contributed by atoms with van der Waals surface area (Å²) in [6.45, 7) is 5.15. The number of anilines is 1. The second-order valence-corrected chi connectivity index (χ2v) is 9.82. The van der Waals surface area contributed by atoms with Gasteiger partial charge >= 0.3 is 0 Å². The summed E-state index contributed by atoms with van der Waals surface area (Å²) >= 11 is 6.80. The third kappa shape index (κ3) is 5.37. The Morgan fingerprint density at radius 1 is 1.33 bits per heavy atom. The summed E-state index contributed by atoms with van der Waals surface area (Å²) in [6.07, 6.45) is 4.04. The number of pyridine rings is 1. The van der Waals surface area contributed by atoms with Crippen molar-refractivity contribution in [2.45, 2.75) is 26.2 Å². The first-order chi connectivity index (χ1) is 16.0. The van der Waals surface area contributed by atoms with Crippen LogP contribution in [0.2, 0.25) is 0 Å². The highest BCUT2D eigenvalue weighted by Gasteiger charge is 2.32. The van der Waals surface area contributed by atoms with Gasteiger partial charge in [0.1, 0.15) is 10.1 Å². The van der Waals surface area contributed by atoms with E-state index in [-0.39, 0.29) is 17.7 Å². The number of hydrogen-bond donors (Lipinski definition) is 1. The summed E-state index contributed by atoms with van der Waals surface area (Å²) in [4.78, 5) is 34.0. The Balaban J connectivity index is 1.62. The number of piperidine rings is 1. The number of amides is 2. The second-order valence-electron chi connectivity index (χ2n) is 8.14. The van der Waals surface area contributed by atoms with E-state index in [4.69, 9.17) is 27.7 Å². The Hall–Kier alpha value is -2.49. The molecule has 174 valence electrons. The molecule has 9 heteroatoms. The Bertz CT molecular complexity index is 1100. The second kappa shape index (κ2) is 10.6. The number of ether oxygens (including phenoxy) is 1. The van der Waals surface area contributed by atoms with E-state index in [1.54, 1.807) is 4.90 Å². The summed E-state index contributed by atoms with van der Waals surface area (Å²) in [5.74, 6) is 0.402. The van der Waals surface area contributed by atoms with E-state index in [1.807, 2.05) is 37.3 Å². The van der Waals surface area contributed by atoms with Crippen LogP contribution in [-0.2, 0) is 14.3 Å². The van der Waals surface area contributed by atoms with Crippen molar-refractivity contribution in [1.82, 2.24) is 9.88 Å². The lowest BCUT2D eigenvalue weighted by Crippen LogP contribution is -2.39. The highest BCUT2D eigenvalue weighted by atomic mass is 32.2. The summed E-state index contributed by atoms with van der Waals surface area (Å²) < 4.78 is 5.96. The zero-order valence-electron chi connectivity index (χ0n) is 18.7. The Kier molecular flexibility index (Phi) is 7.62. The summed E-state index contributed by atoms with van der Waals surface area (Å²) in [7, 11) is 0. The van der Waals surface area contributed by atoms with E-state index in [9.17, 15) is 9.59 Å². The molecule has 33 heavy (non-hydrogen) atoms. The molecule has 0 atom stereocenters. The van der Waals surface area contributed by atoms with Crippen molar-refractivity contribution in [1.29, 1.82) is 0 Å². The molecule has 7 nitrogen and oxygen atoms in total. The molecular formula is C24H28N4O3S2. The number of para-hydroxylation sites is 1. The van der Waals surface area contributed by atoms with E-state index >= 15 is 0 Å². The number of fused-ring (bicyclic) bond motifs is 1. The van der Waals surface area contributed by atoms with Gasteiger partial charge in [0.05, 0.1) is 10.4 Å². The van der Waals surface area contributed by atoms with Crippen molar-refractivity contribution in [3.63, 3.8) is 0 Å². The lowest BCUT2D eigenvalue weighted by molar-refractivity contribution is -0.123. The van der Waals surface area contributed by atoms with Crippen LogP contribution in [0.25, 0.3) is 17.0 Å². The number of carbonyl (C=O) groups is 2. The number of thioether (sulfide) groups is 1. The highest BCUT2D eigenvalue weighted by Crippen LogP contribution is 2.36. The number of hydrogen-bond acceptors (Lipinski definition) is 7. The molecule has 1 aromatic heterocycles. The zero-order valence-corrected chi connectivity index (χ0v) is 20.3. The molecule has 2 fully saturated rings. The molecule has 0 bridgehead atoms. The standard InChI is InChI=1S/C24H28N4O3S2/c1-2-31-13-5-10-28-23(30)20(33-24(28)32)15-18-14-17-6-3-4-7-19(17)26-22(18)27-11-8-16(9-12-27)21(25)29/h3-4,6-7,14-16H,2,5,8-13H2,1H3,(H2,25,29)/b20-15-. The molecule has 2 amide bonds. The van der Waals surface area contributed by atoms with Gasteiger partial charge in [-0.15, -0.1) is 0 Å². The quantitative estimate of drug-likeness (QED) is 0.348. The summed E-state index contributed by atoms with van der Waals surface area (Å²) in [6, 6.07) is 10.0. The first-order valence-electron chi connectivity index (χ1n) is 11.2. The molecule has 2 aliphatic heterocycles. The number of primary amides is 1. The molecule has 0 unspecified atom stereocenters. The summed E-state index contributed by atoms with van der Waals surface area (Å²) in [5, 5.41) is 1.01. The van der Waals surface area contributed by atoms with Gasteiger partial charge in [0.15, 0.2) is 0 Å². The van der Waals surface area contributed by atoms with Crippen LogP contribution in [0.5, 0.6) is 0 Å². The van der Waals surface area contributed by atoms with Crippen molar-refractivity contribution in [2.24, 2.45) is 11.7 Å². The van der Waals surface area contributed by atoms with Crippen LogP contribution in [0.15, 0.2) is 35.2 Å². The maximum atomic E-state index is 13.1. The molecule has 2 aliphatic rings. The molecule has 4 rings (SSSR count). The van der Waals surface area contributed by atoms with Crippen LogP contribution >= 0.6 is 24.0 Å². The highest BCUT2D eigenvalue weighted by molar-refractivity contribution is 8.26. The predicted molar refractivity (Wildman–Crippen MR) is 137 cm³/mol. The van der Waals surface area contributed by atoms with Gasteiger partial charge in [0.25, 0.3) is 5.91 Å². The maximum absolute atomic E-state index is 13.1. The third-order valence-electron chi connectivity index (χ3n) is 5.96. The SMILES string of the molecule is CCOCCCN1C(=O)/C(=C/c2cc3ccccc3nc2N2CCC(C(N)=O)CC2)SC1=S. The minimum Gasteiger partial charge on any atom is -0.382 e. The van der Waals surface area contributed by atoms with Crippen molar-refractivity contribution in [3.8, 4) is 0 Å². The van der Waals surface area contributed by atoms with E-state index in [1.165, 1.54) is 11.8 Å². The first kappa shape index (κ1) is 23.7. The van der Waals surface area contributed by atoms with E-state index in [0.717, 1.165) is 28.7 Å². The number of benzene rings is 1. The number of carbonyl (C=O) groups excluding carboxylic acids is 2. The molecule has 0 aliphatic carbocycles. The largest absolute Gasteiger partial charge is 0.382 e. The van der Waals surface area contributed by atoms with Crippen LogP contribution in [0, 0.1) is 5.92 Å². The number of rotatable bonds is 8. The fourth-order valence-electron chi connectivity index (χ4n) is 4.16. The van der Waals surface area contributed by atoms with Gasteiger partial charge in [0.2, 0.25) is 5.91 Å². The fraction of sp³-hybridized carbons (Fsp3) is 0.417. The Morgan fingerprint density at radius 3 is 2.82 bits per heavy atom. The van der Waals surface area contributed by atoms with Gasteiger partial charge in [-0.05, 0) is 44.4 Å². The van der Waals surface area contributed by atoms with Gasteiger partial charge in [0, 0.05) is 49.7 Å². The smallest absolute Gasteiger partial charge is 0.266 e. The van der Waals surface area contributed by atoms with Crippen LogP contribution in [-0.4, -0.2) is 58.9 Å². The Labute approximate surface area is 203 Å². The van der Waals surface area contributed by atoms with Crippen molar-refractivity contribution in [2.75, 3.05) is 37.7 Å². The van der Waals surface area contributed by atoms with Crippen molar-refractivity contribution < 1.29 is 14.3 Å². The number of nitrogens with zero attached hydrogens (tertiary/aromatic N) is 3. The van der Waals surface area contributed by atoms with Crippen molar-refractivity contribution in [3.05, 3.63) is 40.8 Å². The Morgan fingerprint density at radius 2 is 2.09 bits per heavy atom. The third-order valence-corrected chi connectivity index (χ3v) is 7.34. The van der Waals surface area contributed by atoms with E-state index in [0.29, 0.717) is 54.9 Å². The van der Waals surface area contributed by atoms with Crippen LogP contribution in [0.3, 0.4) is 0 Å². The molecular weight excluding hydrogens is 456 g/mol. The molecule has 1 aromatic carbocycles. The lowest BCUT2D eigenvalue weighted by atomic mass is 9.96. The number of thiocarbonyl (C=S) groups is 1. The molecule has 0 spiro atoms. The lowest BCUT2D eigenvalue weighted by Gasteiger charge is -2.32. The zero-order chi connectivity index (χ0) is 23.4. The molecule has 2 aromatic rings. The maximum Gasteiger partial charge on any atom is 0.266 e. The topological polar surface area (TPSA) is 88.8 Å². The average Bonchev–Trinajstić information content (AvgIpc) is 3.08. The molecule has 2 saturated heterocycles. The average molecular weight is 485 g/mol. The van der Waals surface area contributed by atoms with Gasteiger partial charge in [-0.1, -0.05) is 42.2 Å². The predicted octanol–water partition coefficient (Wildman–Crippen LogP) is 3.56. The van der Waals surface area contributed by atoms with Gasteiger partial charge in [-0.2, -0.15) is 0 Å². The van der Waals surface area contributed by atoms with E-state index < -0.39 is 0 Å². The molecule has 2 N–H and O–H groups in total. The van der Waals surface area contributed by atoms with Crippen molar-refractivity contribution >= 4 is 62.9 Å². The van der Waals surface area contributed by atoms with Crippen LogP contribution in [0.1, 0.15) is 31.7 Å². The fourth-order valence-corrected chi connectivity index (χ4v) is 5.46. The molecule has 3 heterocycles. The first-order valence-corrected chi connectivity index (χ1v) is 12.5. The molecule has 0 saturated carbocycles. The van der Waals surface area contributed by atoms with Gasteiger partial charge in [-0.25, -0.2) is 4.98 Å². The van der Waals surface area contributed by atoms with Gasteiger partial charge in [-0.3, -0.25) is 14.5 Å². The minimum absolute atomic E-state index is 0.0759.